The molecule has 1 rings (SSSR count). The van der Waals surface area contributed by atoms with E-state index in [1.807, 2.05) is 0 Å². The molecule has 1 amide bonds. The van der Waals surface area contributed by atoms with Crippen LogP contribution in [0.15, 0.2) is 18.2 Å². The molecule has 0 heterocycles. The van der Waals surface area contributed by atoms with Crippen LogP contribution in [0.3, 0.4) is 0 Å². The lowest BCUT2D eigenvalue weighted by molar-refractivity contribution is -0.114. The summed E-state index contributed by atoms with van der Waals surface area (Å²) in [5.41, 5.74) is 1.77. The van der Waals surface area contributed by atoms with Crippen molar-refractivity contribution in [3.05, 3.63) is 29.3 Å². The van der Waals surface area contributed by atoms with Crippen LogP contribution in [0.1, 0.15) is 22.8 Å². The lowest BCUT2D eigenvalue weighted by Crippen LogP contribution is -2.10. The second-order valence-corrected chi connectivity index (χ2v) is 3.29. The van der Waals surface area contributed by atoms with Crippen LogP contribution in [0.25, 0.3) is 0 Å². The average molecular weight is 207 g/mol. The van der Waals surface area contributed by atoms with E-state index in [4.69, 9.17) is 5.11 Å². The Balaban J connectivity index is 3.05. The zero-order chi connectivity index (χ0) is 11.4. The fourth-order valence-electron chi connectivity index (χ4n) is 1.29. The molecule has 2 N–H and O–H groups in total. The predicted molar refractivity (Wildman–Crippen MR) is 56.9 cm³/mol. The quantitative estimate of drug-likeness (QED) is 0.730. The molecule has 0 spiro atoms. The zero-order valence-corrected chi connectivity index (χ0v) is 8.70. The van der Waals surface area contributed by atoms with Crippen LogP contribution in [0, 0.1) is 6.92 Å². The summed E-state index contributed by atoms with van der Waals surface area (Å²) < 4.78 is 0. The molecule has 0 aliphatic rings. The highest BCUT2D eigenvalue weighted by Gasteiger charge is 2.08. The highest BCUT2D eigenvalue weighted by atomic mass is 16.3. The molecule has 0 fully saturated rings. The molecule has 0 unspecified atom stereocenters. The van der Waals surface area contributed by atoms with E-state index in [0.717, 1.165) is 5.56 Å². The zero-order valence-electron chi connectivity index (χ0n) is 8.70. The molecule has 15 heavy (non-hydrogen) atoms. The largest absolute Gasteiger partial charge is 0.388 e. The van der Waals surface area contributed by atoms with Crippen molar-refractivity contribution < 1.29 is 14.7 Å². The molecule has 80 valence electrons. The van der Waals surface area contributed by atoms with Gasteiger partial charge in [0.2, 0.25) is 5.91 Å². The minimum atomic E-state index is -0.523. The molecule has 4 heteroatoms. The van der Waals surface area contributed by atoms with Crippen molar-refractivity contribution in [1.82, 2.24) is 0 Å². The summed E-state index contributed by atoms with van der Waals surface area (Å²) in [7, 11) is 0. The number of hydrogen-bond acceptors (Lipinski definition) is 3. The molecule has 0 saturated carbocycles. The number of ketones is 1. The molecule has 0 bridgehead atoms. The van der Waals surface area contributed by atoms with Gasteiger partial charge in [-0.1, -0.05) is 6.07 Å². The maximum Gasteiger partial charge on any atom is 0.221 e. The van der Waals surface area contributed by atoms with Gasteiger partial charge in [0.1, 0.15) is 6.61 Å². The van der Waals surface area contributed by atoms with E-state index in [1.54, 1.807) is 25.1 Å². The number of hydrogen-bond donors (Lipinski definition) is 2. The van der Waals surface area contributed by atoms with E-state index in [-0.39, 0.29) is 11.7 Å². The first-order valence-electron chi connectivity index (χ1n) is 4.57. The Hall–Kier alpha value is -1.68. The molecular formula is C11H13NO3. The van der Waals surface area contributed by atoms with Crippen LogP contribution in [0.5, 0.6) is 0 Å². The molecule has 0 aromatic heterocycles. The van der Waals surface area contributed by atoms with Crippen LogP contribution in [-0.2, 0) is 4.79 Å². The molecule has 4 nitrogen and oxygen atoms in total. The Labute approximate surface area is 87.9 Å². The van der Waals surface area contributed by atoms with Gasteiger partial charge >= 0.3 is 0 Å². The van der Waals surface area contributed by atoms with E-state index >= 15 is 0 Å². The molecule has 0 saturated heterocycles. The summed E-state index contributed by atoms with van der Waals surface area (Å²) >= 11 is 0. The van der Waals surface area contributed by atoms with Gasteiger partial charge in [-0.3, -0.25) is 9.59 Å². The number of amides is 1. The number of benzene rings is 1. The van der Waals surface area contributed by atoms with Crippen molar-refractivity contribution in [2.24, 2.45) is 0 Å². The fourth-order valence-corrected chi connectivity index (χ4v) is 1.29. The number of anilines is 1. The lowest BCUT2D eigenvalue weighted by atomic mass is 10.0. The Bertz CT molecular complexity index is 399. The van der Waals surface area contributed by atoms with Crippen LogP contribution in [0.4, 0.5) is 5.69 Å². The normalized spacial score (nSPS) is 9.80. The van der Waals surface area contributed by atoms with Gasteiger partial charge in [-0.25, -0.2) is 0 Å². The highest BCUT2D eigenvalue weighted by Crippen LogP contribution is 2.15. The number of Topliss-reactive ketones (excluding diaryl/α,β-unsaturated/α-hetero) is 1. The topological polar surface area (TPSA) is 66.4 Å². The molecule has 1 aromatic carbocycles. The SMILES string of the molecule is CC(=O)Nc1ccc(C)c(C(=O)CO)c1. The van der Waals surface area contributed by atoms with Crippen molar-refractivity contribution in [3.8, 4) is 0 Å². The third-order valence-corrected chi connectivity index (χ3v) is 2.00. The molecule has 0 radical (unpaired) electrons. The number of carbonyl (C=O) groups is 2. The van der Waals surface area contributed by atoms with Gasteiger partial charge in [0, 0.05) is 18.2 Å². The van der Waals surface area contributed by atoms with E-state index in [1.165, 1.54) is 6.92 Å². The van der Waals surface area contributed by atoms with Gasteiger partial charge in [0.25, 0.3) is 0 Å². The number of carbonyl (C=O) groups excluding carboxylic acids is 2. The van der Waals surface area contributed by atoms with E-state index in [0.29, 0.717) is 11.3 Å². The fraction of sp³-hybridized carbons (Fsp3) is 0.273. The van der Waals surface area contributed by atoms with Crippen LogP contribution < -0.4 is 5.32 Å². The Kier molecular flexibility index (Phi) is 3.57. The number of rotatable bonds is 3. The lowest BCUT2D eigenvalue weighted by Gasteiger charge is -2.07. The smallest absolute Gasteiger partial charge is 0.221 e. The van der Waals surface area contributed by atoms with Crippen molar-refractivity contribution in [3.63, 3.8) is 0 Å². The molecule has 0 aliphatic carbocycles. The summed E-state index contributed by atoms with van der Waals surface area (Å²) in [6.45, 7) is 2.65. The summed E-state index contributed by atoms with van der Waals surface area (Å²) in [5, 5.41) is 11.3. The maximum absolute atomic E-state index is 11.3. The minimum absolute atomic E-state index is 0.193. The average Bonchev–Trinajstić information content (AvgIpc) is 2.19. The van der Waals surface area contributed by atoms with Gasteiger partial charge in [-0.05, 0) is 24.6 Å². The Morgan fingerprint density at radius 1 is 1.40 bits per heavy atom. The van der Waals surface area contributed by atoms with Gasteiger partial charge in [0.15, 0.2) is 5.78 Å². The monoisotopic (exact) mass is 207 g/mol. The third kappa shape index (κ3) is 2.89. The van der Waals surface area contributed by atoms with Crippen LogP contribution >= 0.6 is 0 Å². The third-order valence-electron chi connectivity index (χ3n) is 2.00. The number of aryl methyl sites for hydroxylation is 1. The molecule has 1 aromatic rings. The second kappa shape index (κ2) is 4.70. The van der Waals surface area contributed by atoms with Gasteiger partial charge in [0.05, 0.1) is 0 Å². The van der Waals surface area contributed by atoms with Crippen molar-refractivity contribution in [1.29, 1.82) is 0 Å². The van der Waals surface area contributed by atoms with Crippen LogP contribution in [0.2, 0.25) is 0 Å². The first-order valence-corrected chi connectivity index (χ1v) is 4.57. The summed E-state index contributed by atoms with van der Waals surface area (Å²) in [4.78, 5) is 22.1. The summed E-state index contributed by atoms with van der Waals surface area (Å²) in [6, 6.07) is 5.01. The van der Waals surface area contributed by atoms with Crippen LogP contribution in [-0.4, -0.2) is 23.4 Å². The van der Waals surface area contributed by atoms with Gasteiger partial charge in [-0.2, -0.15) is 0 Å². The summed E-state index contributed by atoms with van der Waals surface area (Å²) in [5.74, 6) is -0.541. The van der Waals surface area contributed by atoms with Crippen molar-refractivity contribution >= 4 is 17.4 Å². The number of aliphatic hydroxyl groups is 1. The minimum Gasteiger partial charge on any atom is -0.388 e. The standard InChI is InChI=1S/C11H13NO3/c1-7-3-4-9(12-8(2)14)5-10(7)11(15)6-13/h3-5,13H,6H2,1-2H3,(H,12,14). The van der Waals surface area contributed by atoms with Gasteiger partial charge < -0.3 is 10.4 Å². The molecular weight excluding hydrogens is 194 g/mol. The first kappa shape index (κ1) is 11.4. The predicted octanol–water partition coefficient (Wildman–Crippen LogP) is 1.13. The van der Waals surface area contributed by atoms with Gasteiger partial charge in [-0.15, -0.1) is 0 Å². The molecule has 0 atom stereocenters. The number of aliphatic hydroxyl groups excluding tert-OH is 1. The van der Waals surface area contributed by atoms with Crippen molar-refractivity contribution in [2.75, 3.05) is 11.9 Å². The second-order valence-electron chi connectivity index (χ2n) is 3.29. The van der Waals surface area contributed by atoms with E-state index in [2.05, 4.69) is 5.32 Å². The Morgan fingerprint density at radius 2 is 2.07 bits per heavy atom. The molecule has 0 aliphatic heterocycles. The van der Waals surface area contributed by atoms with E-state index < -0.39 is 6.61 Å². The van der Waals surface area contributed by atoms with Crippen molar-refractivity contribution in [2.45, 2.75) is 13.8 Å². The highest BCUT2D eigenvalue weighted by molar-refractivity contribution is 6.00. The first-order chi connectivity index (χ1) is 7.04. The Morgan fingerprint density at radius 3 is 2.60 bits per heavy atom. The number of nitrogens with one attached hydrogen (secondary N) is 1. The maximum atomic E-state index is 11.3. The van der Waals surface area contributed by atoms with E-state index in [9.17, 15) is 9.59 Å². The summed E-state index contributed by atoms with van der Waals surface area (Å²) in [6.07, 6.45) is 0.